The molecule has 0 aliphatic heterocycles. The van der Waals surface area contributed by atoms with Crippen LogP contribution in [0, 0.1) is 0 Å². The number of carbonyl (C=O) groups excluding carboxylic acids is 1. The highest BCUT2D eigenvalue weighted by Gasteiger charge is 2.21. The molecule has 5 heteroatoms. The first kappa shape index (κ1) is 17.9. The lowest BCUT2D eigenvalue weighted by Crippen LogP contribution is -2.37. The minimum Gasteiger partial charge on any atom is -0.365 e. The fraction of sp³-hybridized carbons (Fsp3) is 0.421. The summed E-state index contributed by atoms with van der Waals surface area (Å²) in [5.74, 6) is 0.567. The van der Waals surface area contributed by atoms with E-state index in [0.717, 1.165) is 5.56 Å². The number of nitrogens with one attached hydrogen (secondary N) is 1. The minimum absolute atomic E-state index is 0.0756. The van der Waals surface area contributed by atoms with Crippen molar-refractivity contribution >= 4 is 11.7 Å². The maximum absolute atomic E-state index is 12.9. The second-order valence-electron chi connectivity index (χ2n) is 7.18. The molecule has 0 radical (unpaired) electrons. The monoisotopic (exact) mass is 326 g/mol. The van der Waals surface area contributed by atoms with Crippen molar-refractivity contribution < 1.29 is 4.79 Å². The van der Waals surface area contributed by atoms with Crippen LogP contribution in [0.4, 0.5) is 5.82 Å². The topological polar surface area (TPSA) is 58.1 Å². The van der Waals surface area contributed by atoms with E-state index in [1.807, 2.05) is 69.9 Å². The zero-order valence-electron chi connectivity index (χ0n) is 15.1. The van der Waals surface area contributed by atoms with E-state index in [1.165, 1.54) is 6.33 Å². The van der Waals surface area contributed by atoms with Crippen molar-refractivity contribution in [3.8, 4) is 0 Å². The SMILES string of the molecule is CC(C)N(Cc1ccccc1)C(=O)c1cc(NC(C)(C)C)ncn1. The quantitative estimate of drug-likeness (QED) is 0.909. The zero-order chi connectivity index (χ0) is 17.7. The third-order valence-corrected chi connectivity index (χ3v) is 3.47. The van der Waals surface area contributed by atoms with E-state index in [2.05, 4.69) is 15.3 Å². The molecule has 0 spiro atoms. The van der Waals surface area contributed by atoms with Crippen LogP contribution in [0.3, 0.4) is 0 Å². The molecule has 2 aromatic rings. The molecular formula is C19H26N4O. The van der Waals surface area contributed by atoms with Gasteiger partial charge in [-0.05, 0) is 40.2 Å². The molecule has 5 nitrogen and oxygen atoms in total. The van der Waals surface area contributed by atoms with E-state index >= 15 is 0 Å². The van der Waals surface area contributed by atoms with Crippen molar-refractivity contribution in [1.29, 1.82) is 0 Å². The second kappa shape index (κ2) is 7.43. The molecule has 0 saturated carbocycles. The highest BCUT2D eigenvalue weighted by atomic mass is 16.2. The summed E-state index contributed by atoms with van der Waals surface area (Å²) in [4.78, 5) is 23.1. The van der Waals surface area contributed by atoms with Crippen molar-refractivity contribution in [2.24, 2.45) is 0 Å². The van der Waals surface area contributed by atoms with Crippen LogP contribution in [0.5, 0.6) is 0 Å². The van der Waals surface area contributed by atoms with Gasteiger partial charge in [-0.2, -0.15) is 0 Å². The Balaban J connectivity index is 2.22. The number of anilines is 1. The summed E-state index contributed by atoms with van der Waals surface area (Å²) in [6.45, 7) is 10.7. The molecule has 128 valence electrons. The minimum atomic E-state index is -0.129. The maximum atomic E-state index is 12.9. The van der Waals surface area contributed by atoms with Crippen LogP contribution >= 0.6 is 0 Å². The van der Waals surface area contributed by atoms with Gasteiger partial charge in [0.15, 0.2) is 0 Å². The Bertz CT molecular complexity index is 677. The van der Waals surface area contributed by atoms with Crippen molar-refractivity contribution in [2.45, 2.75) is 52.7 Å². The Morgan fingerprint density at radius 3 is 2.42 bits per heavy atom. The van der Waals surface area contributed by atoms with Gasteiger partial charge in [-0.1, -0.05) is 30.3 Å². The first-order valence-electron chi connectivity index (χ1n) is 8.21. The van der Waals surface area contributed by atoms with Crippen molar-refractivity contribution in [3.63, 3.8) is 0 Å². The van der Waals surface area contributed by atoms with E-state index in [-0.39, 0.29) is 17.5 Å². The van der Waals surface area contributed by atoms with Crippen molar-refractivity contribution in [1.82, 2.24) is 14.9 Å². The lowest BCUT2D eigenvalue weighted by Gasteiger charge is -2.27. The van der Waals surface area contributed by atoms with E-state index in [1.54, 1.807) is 6.07 Å². The molecule has 1 heterocycles. The molecule has 1 amide bonds. The van der Waals surface area contributed by atoms with Crippen LogP contribution in [-0.4, -0.2) is 32.4 Å². The summed E-state index contributed by atoms with van der Waals surface area (Å²) in [6.07, 6.45) is 1.43. The maximum Gasteiger partial charge on any atom is 0.273 e. The number of hydrogen-bond acceptors (Lipinski definition) is 4. The summed E-state index contributed by atoms with van der Waals surface area (Å²) in [5.41, 5.74) is 1.37. The summed E-state index contributed by atoms with van der Waals surface area (Å²) in [7, 11) is 0. The number of hydrogen-bond donors (Lipinski definition) is 1. The van der Waals surface area contributed by atoms with Gasteiger partial charge in [-0.3, -0.25) is 4.79 Å². The predicted molar refractivity (Wildman–Crippen MR) is 96.9 cm³/mol. The Kier molecular flexibility index (Phi) is 5.54. The Labute approximate surface area is 144 Å². The highest BCUT2D eigenvalue weighted by Crippen LogP contribution is 2.16. The Morgan fingerprint density at radius 1 is 1.17 bits per heavy atom. The van der Waals surface area contributed by atoms with Gasteiger partial charge in [-0.15, -0.1) is 0 Å². The van der Waals surface area contributed by atoms with E-state index in [0.29, 0.717) is 18.1 Å². The summed E-state index contributed by atoms with van der Waals surface area (Å²) in [6, 6.07) is 11.8. The third kappa shape index (κ3) is 5.05. The molecule has 0 bridgehead atoms. The smallest absolute Gasteiger partial charge is 0.273 e. The van der Waals surface area contributed by atoms with Gasteiger partial charge in [0.05, 0.1) is 0 Å². The van der Waals surface area contributed by atoms with Gasteiger partial charge in [0.2, 0.25) is 0 Å². The molecule has 0 saturated heterocycles. The van der Waals surface area contributed by atoms with Crippen LogP contribution in [0.1, 0.15) is 50.7 Å². The lowest BCUT2D eigenvalue weighted by atomic mass is 10.1. The molecule has 0 unspecified atom stereocenters. The van der Waals surface area contributed by atoms with Gasteiger partial charge < -0.3 is 10.2 Å². The fourth-order valence-corrected chi connectivity index (χ4v) is 2.34. The molecule has 0 fully saturated rings. The lowest BCUT2D eigenvalue weighted by molar-refractivity contribution is 0.0684. The average Bonchev–Trinajstić information content (AvgIpc) is 2.51. The normalized spacial score (nSPS) is 11.4. The molecule has 1 N–H and O–H groups in total. The van der Waals surface area contributed by atoms with Gasteiger partial charge in [-0.25, -0.2) is 9.97 Å². The first-order valence-corrected chi connectivity index (χ1v) is 8.21. The number of amides is 1. The standard InChI is InChI=1S/C19H26N4O/c1-14(2)23(12-15-9-7-6-8-10-15)18(24)16-11-17(21-13-20-16)22-19(3,4)5/h6-11,13-14H,12H2,1-5H3,(H,20,21,22). The van der Waals surface area contributed by atoms with Crippen molar-refractivity contribution in [2.75, 3.05) is 5.32 Å². The van der Waals surface area contributed by atoms with E-state index in [4.69, 9.17) is 0 Å². The Morgan fingerprint density at radius 2 is 1.83 bits per heavy atom. The van der Waals surface area contributed by atoms with Crippen LogP contribution < -0.4 is 5.32 Å². The first-order chi connectivity index (χ1) is 11.3. The van der Waals surface area contributed by atoms with Crippen LogP contribution in [0.15, 0.2) is 42.7 Å². The van der Waals surface area contributed by atoms with Crippen molar-refractivity contribution in [3.05, 3.63) is 54.0 Å². The highest BCUT2D eigenvalue weighted by molar-refractivity contribution is 5.93. The summed E-state index contributed by atoms with van der Waals surface area (Å²) in [5, 5.41) is 3.27. The van der Waals surface area contributed by atoms with Gasteiger partial charge in [0.1, 0.15) is 17.8 Å². The van der Waals surface area contributed by atoms with Crippen LogP contribution in [0.2, 0.25) is 0 Å². The molecule has 1 aromatic heterocycles. The number of carbonyl (C=O) groups is 1. The molecule has 1 aromatic carbocycles. The van der Waals surface area contributed by atoms with Crippen LogP contribution in [0.25, 0.3) is 0 Å². The molecular weight excluding hydrogens is 300 g/mol. The zero-order valence-corrected chi connectivity index (χ0v) is 15.1. The number of rotatable bonds is 5. The predicted octanol–water partition coefficient (Wildman–Crippen LogP) is 3.74. The molecule has 24 heavy (non-hydrogen) atoms. The second-order valence-corrected chi connectivity index (χ2v) is 7.18. The molecule has 0 aliphatic carbocycles. The number of benzene rings is 1. The number of nitrogens with zero attached hydrogens (tertiary/aromatic N) is 3. The van der Waals surface area contributed by atoms with E-state index in [9.17, 15) is 4.79 Å². The Hall–Kier alpha value is -2.43. The molecule has 0 aliphatic rings. The summed E-state index contributed by atoms with van der Waals surface area (Å²) >= 11 is 0. The van der Waals surface area contributed by atoms with E-state index < -0.39 is 0 Å². The molecule has 0 atom stereocenters. The van der Waals surface area contributed by atoms with Gasteiger partial charge >= 0.3 is 0 Å². The van der Waals surface area contributed by atoms with Crippen LogP contribution in [-0.2, 0) is 6.54 Å². The van der Waals surface area contributed by atoms with Gasteiger partial charge in [0.25, 0.3) is 5.91 Å². The largest absolute Gasteiger partial charge is 0.365 e. The number of aromatic nitrogens is 2. The van der Waals surface area contributed by atoms with Gasteiger partial charge in [0, 0.05) is 24.2 Å². The summed E-state index contributed by atoms with van der Waals surface area (Å²) < 4.78 is 0. The average molecular weight is 326 g/mol. The third-order valence-electron chi connectivity index (χ3n) is 3.47. The fourth-order valence-electron chi connectivity index (χ4n) is 2.34. The molecule has 2 rings (SSSR count).